The molecule has 1 aliphatic rings. The van der Waals surface area contributed by atoms with E-state index in [1.165, 1.54) is 12.8 Å². The van der Waals surface area contributed by atoms with E-state index in [2.05, 4.69) is 17.1 Å². The Morgan fingerprint density at radius 3 is 2.60 bits per heavy atom. The molecule has 1 aliphatic heterocycles. The van der Waals surface area contributed by atoms with Gasteiger partial charge < -0.3 is 11.1 Å². The fraction of sp³-hybridized carbons (Fsp3) is 0.909. The van der Waals surface area contributed by atoms with Gasteiger partial charge >= 0.3 is 0 Å². The number of nitrogens with zero attached hydrogens (tertiary/aromatic N) is 1. The smallest absolute Gasteiger partial charge is 0.234 e. The van der Waals surface area contributed by atoms with Gasteiger partial charge in [-0.15, -0.1) is 0 Å². The van der Waals surface area contributed by atoms with Crippen LogP contribution in [0.5, 0.6) is 0 Å². The van der Waals surface area contributed by atoms with Gasteiger partial charge in [0, 0.05) is 6.54 Å². The van der Waals surface area contributed by atoms with Crippen molar-refractivity contribution >= 4 is 5.91 Å². The lowest BCUT2D eigenvalue weighted by molar-refractivity contribution is -0.122. The van der Waals surface area contributed by atoms with Crippen LogP contribution in [0.2, 0.25) is 0 Å². The number of nitrogens with two attached hydrogens (primary N) is 1. The van der Waals surface area contributed by atoms with Gasteiger partial charge in [0.1, 0.15) is 0 Å². The molecule has 0 aliphatic carbocycles. The van der Waals surface area contributed by atoms with E-state index < -0.39 is 0 Å². The average molecular weight is 213 g/mol. The van der Waals surface area contributed by atoms with Gasteiger partial charge in [0.15, 0.2) is 0 Å². The molecule has 1 rings (SSSR count). The predicted molar refractivity (Wildman–Crippen MR) is 61.5 cm³/mol. The van der Waals surface area contributed by atoms with Crippen LogP contribution < -0.4 is 11.1 Å². The molecular formula is C11H23N3O. The van der Waals surface area contributed by atoms with E-state index in [-0.39, 0.29) is 11.9 Å². The van der Waals surface area contributed by atoms with Crippen LogP contribution in [0.1, 0.15) is 26.7 Å². The first-order valence-electron chi connectivity index (χ1n) is 5.89. The summed E-state index contributed by atoms with van der Waals surface area (Å²) in [5.41, 5.74) is 5.32. The van der Waals surface area contributed by atoms with Crippen molar-refractivity contribution in [3.63, 3.8) is 0 Å². The van der Waals surface area contributed by atoms with Gasteiger partial charge in [-0.2, -0.15) is 0 Å². The highest BCUT2D eigenvalue weighted by molar-refractivity contribution is 5.79. The first kappa shape index (κ1) is 12.5. The Hall–Kier alpha value is -0.610. The molecule has 0 saturated carbocycles. The summed E-state index contributed by atoms with van der Waals surface area (Å²) in [7, 11) is 0. The molecule has 0 bridgehead atoms. The number of carbonyl (C=O) groups is 1. The second-order valence-corrected chi connectivity index (χ2v) is 4.36. The molecule has 0 aromatic heterocycles. The molecular weight excluding hydrogens is 190 g/mol. The lowest BCUT2D eigenvalue weighted by Crippen LogP contribution is -2.46. The van der Waals surface area contributed by atoms with Crippen LogP contribution >= 0.6 is 0 Å². The summed E-state index contributed by atoms with van der Waals surface area (Å²) in [6.07, 6.45) is 2.42. The molecule has 0 radical (unpaired) electrons. The van der Waals surface area contributed by atoms with Gasteiger partial charge in [0.2, 0.25) is 5.91 Å². The summed E-state index contributed by atoms with van der Waals surface area (Å²) in [6, 6.07) is -0.134. The van der Waals surface area contributed by atoms with E-state index >= 15 is 0 Å². The highest BCUT2D eigenvalue weighted by Crippen LogP contribution is 2.14. The number of hydrogen-bond acceptors (Lipinski definition) is 3. The minimum Gasteiger partial charge on any atom is -0.368 e. The highest BCUT2D eigenvalue weighted by Gasteiger charge is 2.22. The number of rotatable bonds is 5. The SMILES string of the molecule is CCN(CC1CCNCC1)C(C)C(N)=O. The highest BCUT2D eigenvalue weighted by atomic mass is 16.1. The Morgan fingerprint density at radius 1 is 1.53 bits per heavy atom. The molecule has 1 amide bonds. The first-order valence-corrected chi connectivity index (χ1v) is 5.89. The van der Waals surface area contributed by atoms with Gasteiger partial charge in [-0.1, -0.05) is 6.92 Å². The molecule has 1 atom stereocenters. The molecule has 1 saturated heterocycles. The van der Waals surface area contributed by atoms with Crippen LogP contribution in [-0.4, -0.2) is 43.0 Å². The van der Waals surface area contributed by atoms with Crippen molar-refractivity contribution in [3.8, 4) is 0 Å². The van der Waals surface area contributed by atoms with E-state index in [4.69, 9.17) is 5.73 Å². The van der Waals surface area contributed by atoms with Gasteiger partial charge in [-0.25, -0.2) is 0 Å². The maximum absolute atomic E-state index is 11.1. The van der Waals surface area contributed by atoms with Crippen molar-refractivity contribution in [1.29, 1.82) is 0 Å². The third kappa shape index (κ3) is 3.80. The minimum absolute atomic E-state index is 0.134. The topological polar surface area (TPSA) is 58.4 Å². The Balaban J connectivity index is 2.41. The van der Waals surface area contributed by atoms with Crippen molar-refractivity contribution in [2.45, 2.75) is 32.7 Å². The molecule has 4 heteroatoms. The van der Waals surface area contributed by atoms with Gasteiger partial charge in [-0.3, -0.25) is 9.69 Å². The van der Waals surface area contributed by atoms with Crippen LogP contribution in [0.25, 0.3) is 0 Å². The molecule has 15 heavy (non-hydrogen) atoms. The zero-order chi connectivity index (χ0) is 11.3. The molecule has 1 fully saturated rings. The fourth-order valence-electron chi connectivity index (χ4n) is 2.14. The molecule has 4 nitrogen and oxygen atoms in total. The Labute approximate surface area is 92.2 Å². The van der Waals surface area contributed by atoms with Gasteiger partial charge in [0.05, 0.1) is 6.04 Å². The second kappa shape index (κ2) is 6.08. The monoisotopic (exact) mass is 213 g/mol. The van der Waals surface area contributed by atoms with Crippen molar-refractivity contribution in [1.82, 2.24) is 10.2 Å². The van der Waals surface area contributed by atoms with Crippen molar-refractivity contribution < 1.29 is 4.79 Å². The van der Waals surface area contributed by atoms with E-state index in [0.29, 0.717) is 5.92 Å². The molecule has 0 spiro atoms. The maximum atomic E-state index is 11.1. The van der Waals surface area contributed by atoms with Crippen LogP contribution in [0.15, 0.2) is 0 Å². The summed E-state index contributed by atoms with van der Waals surface area (Å²) in [5.74, 6) is 0.499. The first-order chi connectivity index (χ1) is 7.15. The number of hydrogen-bond donors (Lipinski definition) is 2. The van der Waals surface area contributed by atoms with Crippen LogP contribution in [-0.2, 0) is 4.79 Å². The molecule has 0 aromatic carbocycles. The van der Waals surface area contributed by atoms with E-state index in [1.54, 1.807) is 0 Å². The zero-order valence-electron chi connectivity index (χ0n) is 9.83. The zero-order valence-corrected chi connectivity index (χ0v) is 9.83. The standard InChI is InChI=1S/C11H23N3O/c1-3-14(9(2)11(12)15)8-10-4-6-13-7-5-10/h9-10,13H,3-8H2,1-2H3,(H2,12,15). The number of amides is 1. The maximum Gasteiger partial charge on any atom is 0.234 e. The third-order valence-corrected chi connectivity index (χ3v) is 3.32. The molecule has 1 heterocycles. The summed E-state index contributed by atoms with van der Waals surface area (Å²) in [4.78, 5) is 13.3. The number of likely N-dealkylation sites (N-methyl/N-ethyl adjacent to an activating group) is 1. The van der Waals surface area contributed by atoms with Crippen LogP contribution in [0, 0.1) is 5.92 Å². The lowest BCUT2D eigenvalue weighted by Gasteiger charge is -2.31. The molecule has 3 N–H and O–H groups in total. The number of primary amides is 1. The Kier molecular flexibility index (Phi) is 5.05. The largest absolute Gasteiger partial charge is 0.368 e. The molecule has 1 unspecified atom stereocenters. The van der Waals surface area contributed by atoms with Crippen molar-refractivity contribution in [3.05, 3.63) is 0 Å². The molecule has 88 valence electrons. The van der Waals surface area contributed by atoms with Crippen molar-refractivity contribution in [2.24, 2.45) is 11.7 Å². The summed E-state index contributed by atoms with van der Waals surface area (Å²) in [5, 5.41) is 3.35. The second-order valence-electron chi connectivity index (χ2n) is 4.36. The summed E-state index contributed by atoms with van der Waals surface area (Å²) in [6.45, 7) is 8.09. The van der Waals surface area contributed by atoms with E-state index in [0.717, 1.165) is 26.2 Å². The summed E-state index contributed by atoms with van der Waals surface area (Å²) < 4.78 is 0. The lowest BCUT2D eigenvalue weighted by atomic mass is 9.97. The van der Waals surface area contributed by atoms with Crippen LogP contribution in [0.4, 0.5) is 0 Å². The number of nitrogens with one attached hydrogen (secondary N) is 1. The predicted octanol–water partition coefficient (Wildman–Crippen LogP) is 0.182. The number of carbonyl (C=O) groups excluding carboxylic acids is 1. The minimum atomic E-state index is -0.217. The van der Waals surface area contributed by atoms with Gasteiger partial charge in [-0.05, 0) is 45.3 Å². The molecule has 0 aromatic rings. The van der Waals surface area contributed by atoms with Crippen LogP contribution in [0.3, 0.4) is 0 Å². The number of piperidine rings is 1. The average Bonchev–Trinajstić information content (AvgIpc) is 2.26. The third-order valence-electron chi connectivity index (χ3n) is 3.32. The summed E-state index contributed by atoms with van der Waals surface area (Å²) >= 11 is 0. The van der Waals surface area contributed by atoms with E-state index in [1.807, 2.05) is 6.92 Å². The normalized spacial score (nSPS) is 20.5. The van der Waals surface area contributed by atoms with Crippen molar-refractivity contribution in [2.75, 3.05) is 26.2 Å². The fourth-order valence-corrected chi connectivity index (χ4v) is 2.14. The Morgan fingerprint density at radius 2 is 2.13 bits per heavy atom. The Bertz CT molecular complexity index is 202. The van der Waals surface area contributed by atoms with Gasteiger partial charge in [0.25, 0.3) is 0 Å². The van der Waals surface area contributed by atoms with E-state index in [9.17, 15) is 4.79 Å². The quantitative estimate of drug-likeness (QED) is 0.685.